The van der Waals surface area contributed by atoms with Gasteiger partial charge in [-0.25, -0.2) is 0 Å². The van der Waals surface area contributed by atoms with E-state index in [0.717, 1.165) is 5.56 Å². The zero-order valence-corrected chi connectivity index (χ0v) is 12.5. The molecule has 0 bridgehead atoms. The normalized spacial score (nSPS) is 21.1. The minimum Gasteiger partial charge on any atom is -0.381 e. The molecular weight excluding hydrogens is 321 g/mol. The zero-order valence-electron chi connectivity index (χ0n) is 11.7. The van der Waals surface area contributed by atoms with Crippen LogP contribution in [0.3, 0.4) is 0 Å². The zero-order chi connectivity index (χ0) is 16.4. The van der Waals surface area contributed by atoms with Gasteiger partial charge in [0, 0.05) is 12.3 Å². The van der Waals surface area contributed by atoms with Gasteiger partial charge in [-0.05, 0) is 11.6 Å². The minimum atomic E-state index is -5.63. The molecule has 2 atom stereocenters. The number of hydrogen-bond donors (Lipinski definition) is 0. The van der Waals surface area contributed by atoms with Gasteiger partial charge >= 0.3 is 15.6 Å². The second kappa shape index (κ2) is 6.29. The van der Waals surface area contributed by atoms with E-state index >= 15 is 0 Å². The van der Waals surface area contributed by atoms with Gasteiger partial charge in [0.05, 0.1) is 12.7 Å². The third-order valence-electron chi connectivity index (χ3n) is 3.33. The first kappa shape index (κ1) is 16.8. The summed E-state index contributed by atoms with van der Waals surface area (Å²) in [6, 6.07) is 9.25. The molecule has 1 aliphatic rings. The summed E-state index contributed by atoms with van der Waals surface area (Å²) in [5.74, 6) is -0.384. The molecule has 1 heterocycles. The van der Waals surface area contributed by atoms with Crippen LogP contribution < -0.4 is 0 Å². The molecule has 8 heteroatoms. The van der Waals surface area contributed by atoms with Crippen molar-refractivity contribution in [1.29, 1.82) is 0 Å². The number of halogens is 3. The molecule has 0 amide bonds. The van der Waals surface area contributed by atoms with Crippen molar-refractivity contribution in [3.05, 3.63) is 47.7 Å². The highest BCUT2D eigenvalue weighted by Gasteiger charge is 2.49. The predicted molar refractivity (Wildman–Crippen MR) is 73.4 cm³/mol. The van der Waals surface area contributed by atoms with E-state index in [4.69, 9.17) is 4.74 Å². The smallest absolute Gasteiger partial charge is 0.381 e. The van der Waals surface area contributed by atoms with Gasteiger partial charge in [-0.3, -0.25) is 0 Å². The van der Waals surface area contributed by atoms with Gasteiger partial charge in [0.1, 0.15) is 5.76 Å². The van der Waals surface area contributed by atoms with Crippen molar-refractivity contribution in [1.82, 2.24) is 0 Å². The minimum absolute atomic E-state index is 0.0205. The van der Waals surface area contributed by atoms with Crippen molar-refractivity contribution < 1.29 is 30.5 Å². The summed E-state index contributed by atoms with van der Waals surface area (Å²) in [5.41, 5.74) is -4.50. The van der Waals surface area contributed by atoms with Gasteiger partial charge in [-0.2, -0.15) is 21.6 Å². The molecule has 0 aromatic heterocycles. The van der Waals surface area contributed by atoms with E-state index in [-0.39, 0.29) is 24.7 Å². The average Bonchev–Trinajstić information content (AvgIpc) is 2.46. The van der Waals surface area contributed by atoms with E-state index in [2.05, 4.69) is 4.18 Å². The lowest BCUT2D eigenvalue weighted by molar-refractivity contribution is -0.0531. The van der Waals surface area contributed by atoms with Crippen molar-refractivity contribution in [3.8, 4) is 0 Å². The van der Waals surface area contributed by atoms with Crippen molar-refractivity contribution in [2.75, 3.05) is 6.61 Å². The third kappa shape index (κ3) is 3.80. The highest BCUT2D eigenvalue weighted by Crippen LogP contribution is 2.31. The fourth-order valence-electron chi connectivity index (χ4n) is 2.10. The Labute approximate surface area is 126 Å². The summed E-state index contributed by atoms with van der Waals surface area (Å²) in [4.78, 5) is 0. The SMILES string of the molecule is CC(c1ccccc1)C1C=C(OS(=O)(=O)C(F)(F)F)CCO1. The number of ether oxygens (including phenoxy) is 1. The lowest BCUT2D eigenvalue weighted by Crippen LogP contribution is -2.29. The van der Waals surface area contributed by atoms with E-state index in [1.165, 1.54) is 6.08 Å². The quantitative estimate of drug-likeness (QED) is 0.625. The largest absolute Gasteiger partial charge is 0.534 e. The Morgan fingerprint density at radius 3 is 2.50 bits per heavy atom. The van der Waals surface area contributed by atoms with E-state index in [1.807, 2.05) is 37.3 Å². The van der Waals surface area contributed by atoms with Crippen LogP contribution in [0.25, 0.3) is 0 Å². The van der Waals surface area contributed by atoms with Gasteiger partial charge < -0.3 is 8.92 Å². The van der Waals surface area contributed by atoms with Crippen LogP contribution in [0, 0.1) is 0 Å². The topological polar surface area (TPSA) is 52.6 Å². The molecule has 1 aliphatic heterocycles. The summed E-state index contributed by atoms with van der Waals surface area (Å²) in [7, 11) is -5.63. The van der Waals surface area contributed by atoms with Gasteiger partial charge in [-0.1, -0.05) is 37.3 Å². The highest BCUT2D eigenvalue weighted by molar-refractivity contribution is 7.87. The fourth-order valence-corrected chi connectivity index (χ4v) is 2.62. The summed E-state index contributed by atoms with van der Waals surface area (Å²) in [6.45, 7) is 1.94. The second-order valence-corrected chi connectivity index (χ2v) is 6.44. The number of rotatable bonds is 4. The Bertz CT molecular complexity index is 638. The molecule has 0 spiro atoms. The van der Waals surface area contributed by atoms with Crippen molar-refractivity contribution in [3.63, 3.8) is 0 Å². The summed E-state index contributed by atoms with van der Waals surface area (Å²) in [6.07, 6.45) is 0.729. The first-order valence-electron chi connectivity index (χ1n) is 6.59. The standard InChI is InChI=1S/C14H15F3O4S/c1-10(11-5-3-2-4-6-11)13-9-12(7-8-20-13)21-22(18,19)14(15,16)17/h2-6,9-10,13H,7-8H2,1H3. The Morgan fingerprint density at radius 2 is 1.91 bits per heavy atom. The third-order valence-corrected chi connectivity index (χ3v) is 4.33. The number of hydrogen-bond acceptors (Lipinski definition) is 4. The van der Waals surface area contributed by atoms with Crippen LogP contribution >= 0.6 is 0 Å². The van der Waals surface area contributed by atoms with E-state index in [1.54, 1.807) is 0 Å². The summed E-state index contributed by atoms with van der Waals surface area (Å²) >= 11 is 0. The van der Waals surface area contributed by atoms with Crippen molar-refractivity contribution >= 4 is 10.1 Å². The summed E-state index contributed by atoms with van der Waals surface area (Å²) in [5, 5.41) is 0. The Morgan fingerprint density at radius 1 is 1.27 bits per heavy atom. The van der Waals surface area contributed by atoms with Crippen molar-refractivity contribution in [2.45, 2.75) is 30.9 Å². The molecule has 22 heavy (non-hydrogen) atoms. The van der Waals surface area contributed by atoms with Crippen LogP contribution in [0.2, 0.25) is 0 Å². The predicted octanol–water partition coefficient (Wildman–Crippen LogP) is 3.33. The van der Waals surface area contributed by atoms with E-state index in [9.17, 15) is 21.6 Å². The number of benzene rings is 1. The van der Waals surface area contributed by atoms with Gasteiger partial charge in [0.15, 0.2) is 0 Å². The lowest BCUT2D eigenvalue weighted by atomic mass is 9.94. The lowest BCUT2D eigenvalue weighted by Gasteiger charge is -2.27. The van der Waals surface area contributed by atoms with Crippen LogP contribution in [-0.2, 0) is 19.0 Å². The fraction of sp³-hybridized carbons (Fsp3) is 0.429. The molecule has 0 fully saturated rings. The molecule has 122 valence electrons. The van der Waals surface area contributed by atoms with Gasteiger partial charge in [0.25, 0.3) is 0 Å². The first-order chi connectivity index (χ1) is 10.2. The van der Waals surface area contributed by atoms with E-state index < -0.39 is 21.7 Å². The van der Waals surface area contributed by atoms with Crippen LogP contribution in [0.5, 0.6) is 0 Å². The Balaban J connectivity index is 2.16. The van der Waals surface area contributed by atoms with Gasteiger partial charge in [-0.15, -0.1) is 0 Å². The molecular formula is C14H15F3O4S. The average molecular weight is 336 g/mol. The summed E-state index contributed by atoms with van der Waals surface area (Å²) < 4.78 is 68.8. The molecule has 2 unspecified atom stereocenters. The Hall–Kier alpha value is -1.54. The van der Waals surface area contributed by atoms with E-state index in [0.29, 0.717) is 0 Å². The molecule has 0 aliphatic carbocycles. The molecule has 1 aromatic rings. The highest BCUT2D eigenvalue weighted by atomic mass is 32.2. The molecule has 1 aromatic carbocycles. The molecule has 0 saturated carbocycles. The molecule has 0 N–H and O–H groups in total. The van der Waals surface area contributed by atoms with Crippen LogP contribution in [0.4, 0.5) is 13.2 Å². The van der Waals surface area contributed by atoms with Crippen LogP contribution in [0.15, 0.2) is 42.2 Å². The van der Waals surface area contributed by atoms with Crippen LogP contribution in [-0.4, -0.2) is 26.6 Å². The van der Waals surface area contributed by atoms with Crippen LogP contribution in [0.1, 0.15) is 24.8 Å². The molecule has 0 radical (unpaired) electrons. The molecule has 2 rings (SSSR count). The monoisotopic (exact) mass is 336 g/mol. The number of alkyl halides is 3. The molecule has 0 saturated heterocycles. The molecule has 4 nitrogen and oxygen atoms in total. The second-order valence-electron chi connectivity index (χ2n) is 4.90. The van der Waals surface area contributed by atoms with Gasteiger partial charge in [0.2, 0.25) is 0 Å². The Kier molecular flexibility index (Phi) is 4.81. The maximum atomic E-state index is 12.3. The van der Waals surface area contributed by atoms with Crippen molar-refractivity contribution in [2.24, 2.45) is 0 Å². The maximum Gasteiger partial charge on any atom is 0.534 e. The first-order valence-corrected chi connectivity index (χ1v) is 7.99. The maximum absolute atomic E-state index is 12.3.